The molecule has 1 amide bonds. The van der Waals surface area contributed by atoms with Crippen LogP contribution in [0.25, 0.3) is 0 Å². The van der Waals surface area contributed by atoms with Crippen molar-refractivity contribution in [2.24, 2.45) is 0 Å². The van der Waals surface area contributed by atoms with Crippen LogP contribution in [-0.4, -0.2) is 42.6 Å². The maximum atomic E-state index is 12.9. The van der Waals surface area contributed by atoms with Gasteiger partial charge in [-0.2, -0.15) is 0 Å². The van der Waals surface area contributed by atoms with Crippen LogP contribution >= 0.6 is 0 Å². The molecule has 112 valence electrons. The third kappa shape index (κ3) is 2.31. The Morgan fingerprint density at radius 3 is 3.14 bits per heavy atom. The zero-order valence-electron chi connectivity index (χ0n) is 12.3. The Labute approximate surface area is 125 Å². The second-order valence-corrected chi connectivity index (χ2v) is 6.31. The molecule has 1 aliphatic carbocycles. The Hall–Kier alpha value is -1.55. The van der Waals surface area contributed by atoms with Gasteiger partial charge in [0.25, 0.3) is 5.91 Å². The molecule has 1 aromatic rings. The molecule has 0 aromatic heterocycles. The summed E-state index contributed by atoms with van der Waals surface area (Å²) in [7, 11) is 0. The SMILES string of the molecule is O=C(c1ccc2c(c1)CCN2)N1CCO[C@H]2CCCC[C@H]21. The van der Waals surface area contributed by atoms with Gasteiger partial charge in [0.15, 0.2) is 0 Å². The van der Waals surface area contributed by atoms with Crippen LogP contribution in [0.5, 0.6) is 0 Å². The highest BCUT2D eigenvalue weighted by Crippen LogP contribution is 2.30. The predicted octanol–water partition coefficient (Wildman–Crippen LogP) is 2.44. The summed E-state index contributed by atoms with van der Waals surface area (Å²) in [6.45, 7) is 2.39. The molecule has 0 radical (unpaired) electrons. The largest absolute Gasteiger partial charge is 0.384 e. The van der Waals surface area contributed by atoms with Crippen LogP contribution < -0.4 is 5.32 Å². The van der Waals surface area contributed by atoms with E-state index in [1.807, 2.05) is 12.1 Å². The van der Waals surface area contributed by atoms with E-state index in [1.54, 1.807) is 0 Å². The van der Waals surface area contributed by atoms with Gasteiger partial charge in [0.05, 0.1) is 18.8 Å². The normalized spacial score (nSPS) is 27.7. The first-order chi connectivity index (χ1) is 10.3. The molecule has 1 N–H and O–H groups in total. The third-order valence-corrected chi connectivity index (χ3v) is 5.05. The second kappa shape index (κ2) is 5.34. The maximum Gasteiger partial charge on any atom is 0.254 e. The number of rotatable bonds is 1. The van der Waals surface area contributed by atoms with Gasteiger partial charge in [-0.3, -0.25) is 4.79 Å². The predicted molar refractivity (Wildman–Crippen MR) is 81.7 cm³/mol. The molecule has 0 bridgehead atoms. The van der Waals surface area contributed by atoms with Crippen molar-refractivity contribution in [3.8, 4) is 0 Å². The fourth-order valence-corrected chi connectivity index (χ4v) is 3.95. The first kappa shape index (κ1) is 13.1. The van der Waals surface area contributed by atoms with Gasteiger partial charge >= 0.3 is 0 Å². The Morgan fingerprint density at radius 2 is 2.19 bits per heavy atom. The van der Waals surface area contributed by atoms with Crippen molar-refractivity contribution in [3.05, 3.63) is 29.3 Å². The highest BCUT2D eigenvalue weighted by Gasteiger charge is 2.37. The summed E-state index contributed by atoms with van der Waals surface area (Å²) in [6.07, 6.45) is 5.90. The lowest BCUT2D eigenvalue weighted by Gasteiger charge is -2.43. The molecule has 0 unspecified atom stereocenters. The summed E-state index contributed by atoms with van der Waals surface area (Å²) < 4.78 is 5.87. The van der Waals surface area contributed by atoms with Crippen LogP contribution in [0, 0.1) is 0 Å². The van der Waals surface area contributed by atoms with Gasteiger partial charge < -0.3 is 15.0 Å². The van der Waals surface area contributed by atoms with E-state index in [0.717, 1.165) is 37.9 Å². The number of nitrogens with one attached hydrogen (secondary N) is 1. The molecule has 1 saturated heterocycles. The zero-order valence-corrected chi connectivity index (χ0v) is 12.3. The molecule has 4 heteroatoms. The van der Waals surface area contributed by atoms with Crippen molar-refractivity contribution in [2.45, 2.75) is 44.2 Å². The summed E-state index contributed by atoms with van der Waals surface area (Å²) in [6, 6.07) is 6.37. The van der Waals surface area contributed by atoms with Crippen molar-refractivity contribution in [3.63, 3.8) is 0 Å². The topological polar surface area (TPSA) is 41.6 Å². The summed E-state index contributed by atoms with van der Waals surface area (Å²) in [4.78, 5) is 15.0. The Kier molecular flexibility index (Phi) is 3.34. The van der Waals surface area contributed by atoms with Crippen molar-refractivity contribution < 1.29 is 9.53 Å². The number of amides is 1. The Balaban J connectivity index is 1.58. The summed E-state index contributed by atoms with van der Waals surface area (Å²) in [5.74, 6) is 0.185. The molecular formula is C17H22N2O2. The maximum absolute atomic E-state index is 12.9. The number of carbonyl (C=O) groups is 1. The number of ether oxygens (including phenoxy) is 1. The van der Waals surface area contributed by atoms with E-state index in [2.05, 4.69) is 16.3 Å². The Bertz CT molecular complexity index is 556. The lowest BCUT2D eigenvalue weighted by atomic mass is 9.89. The summed E-state index contributed by atoms with van der Waals surface area (Å²) >= 11 is 0. The summed E-state index contributed by atoms with van der Waals surface area (Å²) in [5, 5.41) is 3.35. The lowest BCUT2D eigenvalue weighted by molar-refractivity contribution is -0.0752. The van der Waals surface area contributed by atoms with Gasteiger partial charge in [-0.05, 0) is 43.0 Å². The van der Waals surface area contributed by atoms with E-state index < -0.39 is 0 Å². The van der Waals surface area contributed by atoms with Gasteiger partial charge in [-0.1, -0.05) is 12.8 Å². The van der Waals surface area contributed by atoms with E-state index >= 15 is 0 Å². The molecular weight excluding hydrogens is 264 g/mol. The average Bonchev–Trinajstić information content (AvgIpc) is 3.01. The number of anilines is 1. The molecule has 2 aliphatic heterocycles. The van der Waals surface area contributed by atoms with E-state index in [-0.39, 0.29) is 18.1 Å². The number of carbonyl (C=O) groups excluding carboxylic acids is 1. The first-order valence-corrected chi connectivity index (χ1v) is 8.12. The van der Waals surface area contributed by atoms with E-state index in [9.17, 15) is 4.79 Å². The molecule has 0 spiro atoms. The minimum absolute atomic E-state index is 0.185. The van der Waals surface area contributed by atoms with Crippen molar-refractivity contribution in [2.75, 3.05) is 25.0 Å². The van der Waals surface area contributed by atoms with Crippen LogP contribution in [-0.2, 0) is 11.2 Å². The minimum atomic E-state index is 0.185. The quantitative estimate of drug-likeness (QED) is 0.862. The minimum Gasteiger partial charge on any atom is -0.384 e. The van der Waals surface area contributed by atoms with Gasteiger partial charge in [0.2, 0.25) is 0 Å². The number of nitrogens with zero attached hydrogens (tertiary/aromatic N) is 1. The monoisotopic (exact) mass is 286 g/mol. The number of hydrogen-bond acceptors (Lipinski definition) is 3. The average molecular weight is 286 g/mol. The number of hydrogen-bond donors (Lipinski definition) is 1. The third-order valence-electron chi connectivity index (χ3n) is 5.05. The van der Waals surface area contributed by atoms with Gasteiger partial charge in [-0.25, -0.2) is 0 Å². The summed E-state index contributed by atoms with van der Waals surface area (Å²) in [5.41, 5.74) is 3.29. The number of morpholine rings is 1. The molecule has 1 aromatic carbocycles. The lowest BCUT2D eigenvalue weighted by Crippen LogP contribution is -2.54. The van der Waals surface area contributed by atoms with E-state index in [1.165, 1.54) is 24.1 Å². The van der Waals surface area contributed by atoms with E-state index in [0.29, 0.717) is 6.61 Å². The van der Waals surface area contributed by atoms with E-state index in [4.69, 9.17) is 4.74 Å². The second-order valence-electron chi connectivity index (χ2n) is 6.31. The Morgan fingerprint density at radius 1 is 1.29 bits per heavy atom. The fraction of sp³-hybridized carbons (Fsp3) is 0.588. The fourth-order valence-electron chi connectivity index (χ4n) is 3.95. The van der Waals surface area contributed by atoms with Crippen LogP contribution in [0.4, 0.5) is 5.69 Å². The molecule has 3 aliphatic rings. The molecule has 4 nitrogen and oxygen atoms in total. The van der Waals surface area contributed by atoms with Crippen LogP contribution in [0.1, 0.15) is 41.6 Å². The van der Waals surface area contributed by atoms with Gasteiger partial charge in [-0.15, -0.1) is 0 Å². The van der Waals surface area contributed by atoms with Crippen molar-refractivity contribution in [1.82, 2.24) is 4.90 Å². The molecule has 2 atom stereocenters. The smallest absolute Gasteiger partial charge is 0.254 e. The molecule has 4 rings (SSSR count). The molecule has 2 fully saturated rings. The molecule has 1 saturated carbocycles. The van der Waals surface area contributed by atoms with Crippen molar-refractivity contribution in [1.29, 1.82) is 0 Å². The highest BCUT2D eigenvalue weighted by atomic mass is 16.5. The van der Waals surface area contributed by atoms with Crippen LogP contribution in [0.2, 0.25) is 0 Å². The van der Waals surface area contributed by atoms with Crippen LogP contribution in [0.3, 0.4) is 0 Å². The standard InChI is InChI=1S/C17H22N2O2/c20-17(13-5-6-14-12(11-13)7-8-18-14)19-9-10-21-16-4-2-1-3-15(16)19/h5-6,11,15-16,18H,1-4,7-10H2/t15-,16+/m1/s1. The highest BCUT2D eigenvalue weighted by molar-refractivity contribution is 5.95. The zero-order chi connectivity index (χ0) is 14.2. The van der Waals surface area contributed by atoms with Gasteiger partial charge in [0.1, 0.15) is 0 Å². The van der Waals surface area contributed by atoms with Crippen molar-refractivity contribution >= 4 is 11.6 Å². The van der Waals surface area contributed by atoms with Gasteiger partial charge in [0, 0.05) is 24.3 Å². The number of fused-ring (bicyclic) bond motifs is 2. The molecule has 21 heavy (non-hydrogen) atoms. The number of benzene rings is 1. The van der Waals surface area contributed by atoms with Crippen LogP contribution in [0.15, 0.2) is 18.2 Å². The first-order valence-electron chi connectivity index (χ1n) is 8.12. The molecule has 2 heterocycles.